The molecule has 0 saturated heterocycles. The summed E-state index contributed by atoms with van der Waals surface area (Å²) in [6.45, 7) is 1.92. The maximum Gasteiger partial charge on any atom is 0.227 e. The molecule has 18 heavy (non-hydrogen) atoms. The van der Waals surface area contributed by atoms with Crippen molar-refractivity contribution in [3.63, 3.8) is 0 Å². The summed E-state index contributed by atoms with van der Waals surface area (Å²) in [7, 11) is 0. The van der Waals surface area contributed by atoms with Gasteiger partial charge in [-0.3, -0.25) is 9.36 Å². The van der Waals surface area contributed by atoms with Crippen LogP contribution < -0.4 is 5.32 Å². The molecular weight excluding hydrogens is 228 g/mol. The van der Waals surface area contributed by atoms with E-state index in [2.05, 4.69) is 15.3 Å². The molecule has 0 spiro atoms. The molecule has 1 N–H and O–H groups in total. The minimum absolute atomic E-state index is 0.100. The van der Waals surface area contributed by atoms with E-state index in [1.54, 1.807) is 12.4 Å². The van der Waals surface area contributed by atoms with E-state index in [4.69, 9.17) is 0 Å². The van der Waals surface area contributed by atoms with Crippen molar-refractivity contribution < 1.29 is 4.79 Å². The SMILES string of the molecule is Cc1nccn1-c1ccc(NC(=O)C2CC2)cn1. The molecule has 1 amide bonds. The minimum Gasteiger partial charge on any atom is -0.324 e. The van der Waals surface area contributed by atoms with Crippen molar-refractivity contribution in [3.8, 4) is 5.82 Å². The first-order valence-electron chi connectivity index (χ1n) is 6.01. The molecule has 3 rings (SSSR count). The predicted molar refractivity (Wildman–Crippen MR) is 67.4 cm³/mol. The van der Waals surface area contributed by atoms with Crippen LogP contribution in [0.3, 0.4) is 0 Å². The second-order valence-corrected chi connectivity index (χ2v) is 4.51. The Kier molecular flexibility index (Phi) is 2.59. The fourth-order valence-corrected chi connectivity index (χ4v) is 1.81. The summed E-state index contributed by atoms with van der Waals surface area (Å²) >= 11 is 0. The number of aryl methyl sites for hydroxylation is 1. The first-order valence-corrected chi connectivity index (χ1v) is 6.01. The van der Waals surface area contributed by atoms with Gasteiger partial charge in [-0.1, -0.05) is 0 Å². The summed E-state index contributed by atoms with van der Waals surface area (Å²) in [5.41, 5.74) is 0.744. The van der Waals surface area contributed by atoms with Crippen LogP contribution in [0, 0.1) is 12.8 Å². The molecule has 1 fully saturated rings. The Morgan fingerprint density at radius 1 is 1.39 bits per heavy atom. The molecule has 5 nitrogen and oxygen atoms in total. The summed E-state index contributed by atoms with van der Waals surface area (Å²) in [4.78, 5) is 20.1. The molecule has 5 heteroatoms. The van der Waals surface area contributed by atoms with Crippen LogP contribution in [-0.2, 0) is 4.79 Å². The number of aromatic nitrogens is 3. The van der Waals surface area contributed by atoms with E-state index in [-0.39, 0.29) is 11.8 Å². The minimum atomic E-state index is 0.100. The van der Waals surface area contributed by atoms with E-state index in [0.717, 1.165) is 30.2 Å². The zero-order chi connectivity index (χ0) is 12.5. The third-order valence-electron chi connectivity index (χ3n) is 3.04. The van der Waals surface area contributed by atoms with Gasteiger partial charge in [0.15, 0.2) is 0 Å². The fourth-order valence-electron chi connectivity index (χ4n) is 1.81. The highest BCUT2D eigenvalue weighted by molar-refractivity contribution is 5.93. The number of pyridine rings is 1. The first-order chi connectivity index (χ1) is 8.74. The summed E-state index contributed by atoms with van der Waals surface area (Å²) in [6, 6.07) is 3.74. The van der Waals surface area contributed by atoms with Gasteiger partial charge in [0.05, 0.1) is 11.9 Å². The molecule has 0 aliphatic heterocycles. The molecule has 0 unspecified atom stereocenters. The van der Waals surface area contributed by atoms with E-state index in [0.29, 0.717) is 0 Å². The third-order valence-corrected chi connectivity index (χ3v) is 3.04. The lowest BCUT2D eigenvalue weighted by atomic mass is 10.3. The van der Waals surface area contributed by atoms with Crippen LogP contribution in [0.4, 0.5) is 5.69 Å². The molecular formula is C13H14N4O. The first kappa shape index (κ1) is 11.0. The Balaban J connectivity index is 1.76. The zero-order valence-corrected chi connectivity index (χ0v) is 10.1. The largest absolute Gasteiger partial charge is 0.324 e. The smallest absolute Gasteiger partial charge is 0.227 e. The molecule has 0 atom stereocenters. The van der Waals surface area contributed by atoms with Gasteiger partial charge in [0, 0.05) is 18.3 Å². The molecule has 1 aliphatic rings. The summed E-state index contributed by atoms with van der Waals surface area (Å²) in [5, 5.41) is 2.86. The van der Waals surface area contributed by atoms with Crippen molar-refractivity contribution >= 4 is 11.6 Å². The number of hydrogen-bond acceptors (Lipinski definition) is 3. The molecule has 2 aromatic heterocycles. The van der Waals surface area contributed by atoms with Gasteiger partial charge in [-0.15, -0.1) is 0 Å². The number of anilines is 1. The average molecular weight is 242 g/mol. The maximum absolute atomic E-state index is 11.6. The van der Waals surface area contributed by atoms with Gasteiger partial charge < -0.3 is 5.32 Å². The van der Waals surface area contributed by atoms with Gasteiger partial charge in [-0.2, -0.15) is 0 Å². The monoisotopic (exact) mass is 242 g/mol. The molecule has 2 heterocycles. The van der Waals surface area contributed by atoms with Crippen LogP contribution in [0.25, 0.3) is 5.82 Å². The molecule has 0 bridgehead atoms. The average Bonchev–Trinajstić information content (AvgIpc) is 3.14. The summed E-state index contributed by atoms with van der Waals surface area (Å²) in [6.07, 6.45) is 7.28. The van der Waals surface area contributed by atoms with Crippen LogP contribution in [0.1, 0.15) is 18.7 Å². The number of imidazole rings is 1. The van der Waals surface area contributed by atoms with Crippen molar-refractivity contribution in [2.24, 2.45) is 5.92 Å². The van der Waals surface area contributed by atoms with Crippen molar-refractivity contribution in [2.75, 3.05) is 5.32 Å². The lowest BCUT2D eigenvalue weighted by Crippen LogP contribution is -2.13. The number of nitrogens with one attached hydrogen (secondary N) is 1. The molecule has 2 aromatic rings. The molecule has 1 aliphatic carbocycles. The van der Waals surface area contributed by atoms with Gasteiger partial charge in [-0.05, 0) is 31.9 Å². The Hall–Kier alpha value is -2.17. The normalized spacial score (nSPS) is 14.5. The highest BCUT2D eigenvalue weighted by Gasteiger charge is 2.29. The van der Waals surface area contributed by atoms with E-state index in [1.807, 2.05) is 29.8 Å². The van der Waals surface area contributed by atoms with Gasteiger partial charge in [0.1, 0.15) is 11.6 Å². The topological polar surface area (TPSA) is 59.8 Å². The number of nitrogens with zero attached hydrogens (tertiary/aromatic N) is 3. The van der Waals surface area contributed by atoms with Crippen LogP contribution in [-0.4, -0.2) is 20.4 Å². The van der Waals surface area contributed by atoms with Crippen LogP contribution >= 0.6 is 0 Å². The van der Waals surface area contributed by atoms with Crippen LogP contribution in [0.2, 0.25) is 0 Å². The molecule has 0 aromatic carbocycles. The lowest BCUT2D eigenvalue weighted by molar-refractivity contribution is -0.117. The van der Waals surface area contributed by atoms with Crippen LogP contribution in [0.15, 0.2) is 30.7 Å². The zero-order valence-electron chi connectivity index (χ0n) is 10.1. The van der Waals surface area contributed by atoms with Crippen molar-refractivity contribution in [1.29, 1.82) is 0 Å². The van der Waals surface area contributed by atoms with E-state index in [1.165, 1.54) is 0 Å². The number of carbonyl (C=O) groups excluding carboxylic acids is 1. The summed E-state index contributed by atoms with van der Waals surface area (Å²) < 4.78 is 1.90. The quantitative estimate of drug-likeness (QED) is 0.894. The number of rotatable bonds is 3. The maximum atomic E-state index is 11.6. The Morgan fingerprint density at radius 3 is 2.78 bits per heavy atom. The highest BCUT2D eigenvalue weighted by Crippen LogP contribution is 2.30. The van der Waals surface area contributed by atoms with Crippen molar-refractivity contribution in [2.45, 2.75) is 19.8 Å². The molecule has 92 valence electrons. The van der Waals surface area contributed by atoms with Crippen molar-refractivity contribution in [1.82, 2.24) is 14.5 Å². The Labute approximate surface area is 105 Å². The van der Waals surface area contributed by atoms with Gasteiger partial charge in [-0.25, -0.2) is 9.97 Å². The third kappa shape index (κ3) is 2.11. The fraction of sp³-hybridized carbons (Fsp3) is 0.308. The van der Waals surface area contributed by atoms with Crippen LogP contribution in [0.5, 0.6) is 0 Å². The van der Waals surface area contributed by atoms with Gasteiger partial charge >= 0.3 is 0 Å². The number of hydrogen-bond donors (Lipinski definition) is 1. The van der Waals surface area contributed by atoms with E-state index < -0.39 is 0 Å². The lowest BCUT2D eigenvalue weighted by Gasteiger charge is -2.06. The summed E-state index contributed by atoms with van der Waals surface area (Å²) in [5.74, 6) is 2.00. The highest BCUT2D eigenvalue weighted by atomic mass is 16.2. The molecule has 0 radical (unpaired) electrons. The molecule has 1 saturated carbocycles. The van der Waals surface area contributed by atoms with Crippen molar-refractivity contribution in [3.05, 3.63) is 36.5 Å². The van der Waals surface area contributed by atoms with E-state index >= 15 is 0 Å². The van der Waals surface area contributed by atoms with Gasteiger partial charge in [0.25, 0.3) is 0 Å². The van der Waals surface area contributed by atoms with E-state index in [9.17, 15) is 4.79 Å². The predicted octanol–water partition coefficient (Wildman–Crippen LogP) is 1.92. The Morgan fingerprint density at radius 2 is 2.22 bits per heavy atom. The number of amides is 1. The second-order valence-electron chi connectivity index (χ2n) is 4.51. The standard InChI is InChI=1S/C13H14N4O/c1-9-14-6-7-17(9)12-5-4-11(8-15-12)16-13(18)10-2-3-10/h4-8,10H,2-3H2,1H3,(H,16,18). The Bertz CT molecular complexity index is 569. The number of carbonyl (C=O) groups is 1. The second kappa shape index (κ2) is 4.25. The van der Waals surface area contributed by atoms with Gasteiger partial charge in [0.2, 0.25) is 5.91 Å².